The lowest BCUT2D eigenvalue weighted by atomic mass is 9.71. The zero-order valence-electron chi connectivity index (χ0n) is 16.4. The van der Waals surface area contributed by atoms with Crippen LogP contribution in [0.1, 0.15) is 42.7 Å². The number of nitrogens with one attached hydrogen (secondary N) is 1. The van der Waals surface area contributed by atoms with Crippen molar-refractivity contribution >= 4 is 11.8 Å². The number of hydrogen-bond donors (Lipinski definition) is 2. The number of allylic oxidation sites excluding steroid dienone is 3. The number of carbonyl (C=O) groups excluding carboxylic acids is 2. The summed E-state index contributed by atoms with van der Waals surface area (Å²) >= 11 is 0. The molecule has 0 saturated carbocycles. The largest absolute Gasteiger partial charge is 0.508 e. The molecule has 0 fully saturated rings. The Kier molecular flexibility index (Phi) is 4.97. The van der Waals surface area contributed by atoms with Crippen LogP contribution >= 0.6 is 0 Å². The quantitative estimate of drug-likeness (QED) is 0.778. The van der Waals surface area contributed by atoms with Crippen LogP contribution in [0.25, 0.3) is 0 Å². The average Bonchev–Trinajstić information content (AvgIpc) is 2.72. The lowest BCUT2D eigenvalue weighted by Gasteiger charge is -2.36. The summed E-state index contributed by atoms with van der Waals surface area (Å²) < 4.78 is 5.01. The second-order valence-corrected chi connectivity index (χ2v) is 7.51. The van der Waals surface area contributed by atoms with Gasteiger partial charge in [0.15, 0.2) is 5.78 Å². The van der Waals surface area contributed by atoms with Crippen molar-refractivity contribution in [2.45, 2.75) is 31.6 Å². The van der Waals surface area contributed by atoms with Gasteiger partial charge < -0.3 is 15.2 Å². The highest BCUT2D eigenvalue weighted by molar-refractivity contribution is 6.04. The van der Waals surface area contributed by atoms with Crippen molar-refractivity contribution in [3.8, 4) is 5.75 Å². The first-order valence-electron chi connectivity index (χ1n) is 9.65. The maximum atomic E-state index is 13.3. The number of ketones is 1. The molecule has 148 valence electrons. The molecule has 0 unspecified atom stereocenters. The molecule has 0 aromatic heterocycles. The summed E-state index contributed by atoms with van der Waals surface area (Å²) in [5, 5.41) is 13.3. The molecule has 5 heteroatoms. The van der Waals surface area contributed by atoms with E-state index in [1.165, 1.54) is 7.11 Å². The molecule has 4 rings (SSSR count). The van der Waals surface area contributed by atoms with Crippen LogP contribution in [0.4, 0.5) is 0 Å². The van der Waals surface area contributed by atoms with Gasteiger partial charge in [0.2, 0.25) is 0 Å². The highest BCUT2D eigenvalue weighted by atomic mass is 16.5. The minimum atomic E-state index is -0.560. The van der Waals surface area contributed by atoms with Gasteiger partial charge in [0.05, 0.1) is 12.7 Å². The van der Waals surface area contributed by atoms with Gasteiger partial charge in [-0.05, 0) is 42.5 Å². The van der Waals surface area contributed by atoms with E-state index in [9.17, 15) is 14.7 Å². The van der Waals surface area contributed by atoms with Crippen molar-refractivity contribution in [3.63, 3.8) is 0 Å². The number of rotatable bonds is 3. The summed E-state index contributed by atoms with van der Waals surface area (Å²) in [5.41, 5.74) is 4.34. The molecule has 5 nitrogen and oxygen atoms in total. The van der Waals surface area contributed by atoms with Crippen LogP contribution in [0, 0.1) is 0 Å². The van der Waals surface area contributed by atoms with Crippen molar-refractivity contribution in [3.05, 3.63) is 88.3 Å². The molecule has 1 heterocycles. The van der Waals surface area contributed by atoms with Crippen LogP contribution < -0.4 is 5.32 Å². The number of esters is 1. The number of hydrogen-bond acceptors (Lipinski definition) is 5. The summed E-state index contributed by atoms with van der Waals surface area (Å²) in [7, 11) is 1.33. The average molecular weight is 389 g/mol. The first-order chi connectivity index (χ1) is 14.0. The molecule has 1 aliphatic carbocycles. The SMILES string of the molecule is COC(=O)C1=C(C)NC2=C(C(=O)C[C@H](c3ccccc3)C2)[C@@H]1c1cccc(O)c1. The molecule has 2 aromatic carbocycles. The number of aromatic hydroxyl groups is 1. The van der Waals surface area contributed by atoms with Gasteiger partial charge in [-0.1, -0.05) is 42.5 Å². The normalized spacial score (nSPS) is 21.5. The van der Waals surface area contributed by atoms with E-state index < -0.39 is 11.9 Å². The van der Waals surface area contributed by atoms with E-state index in [0.29, 0.717) is 35.2 Å². The third-order valence-electron chi connectivity index (χ3n) is 5.71. The fourth-order valence-corrected chi connectivity index (χ4v) is 4.42. The first-order valence-corrected chi connectivity index (χ1v) is 9.65. The minimum absolute atomic E-state index is 0.00912. The molecule has 2 N–H and O–H groups in total. The molecule has 0 radical (unpaired) electrons. The maximum Gasteiger partial charge on any atom is 0.336 e. The molecule has 2 atom stereocenters. The van der Waals surface area contributed by atoms with Gasteiger partial charge in [-0.25, -0.2) is 4.79 Å². The maximum absolute atomic E-state index is 13.3. The summed E-state index contributed by atoms with van der Waals surface area (Å²) in [5.74, 6) is -0.847. The van der Waals surface area contributed by atoms with E-state index in [4.69, 9.17) is 4.74 Å². The van der Waals surface area contributed by atoms with Crippen molar-refractivity contribution < 1.29 is 19.4 Å². The summed E-state index contributed by atoms with van der Waals surface area (Å²) in [6.07, 6.45) is 1.07. The fraction of sp³-hybridized carbons (Fsp3) is 0.250. The molecule has 0 amide bonds. The number of methoxy groups -OCH3 is 1. The van der Waals surface area contributed by atoms with Crippen LogP contribution in [-0.2, 0) is 14.3 Å². The number of phenolic OH excluding ortho intramolecular Hbond substituents is 1. The van der Waals surface area contributed by atoms with Crippen LogP contribution in [0.15, 0.2) is 77.1 Å². The van der Waals surface area contributed by atoms with Crippen LogP contribution in [0.2, 0.25) is 0 Å². The van der Waals surface area contributed by atoms with Gasteiger partial charge in [0.25, 0.3) is 0 Å². The first kappa shape index (κ1) is 19.0. The molecule has 29 heavy (non-hydrogen) atoms. The van der Waals surface area contributed by atoms with E-state index in [-0.39, 0.29) is 17.5 Å². The summed E-state index contributed by atoms with van der Waals surface area (Å²) in [6.45, 7) is 1.82. The van der Waals surface area contributed by atoms with Gasteiger partial charge in [-0.2, -0.15) is 0 Å². The van der Waals surface area contributed by atoms with Gasteiger partial charge >= 0.3 is 5.97 Å². The van der Waals surface area contributed by atoms with Crippen molar-refractivity contribution in [1.29, 1.82) is 0 Å². The molecular formula is C24H23NO4. The highest BCUT2D eigenvalue weighted by Crippen LogP contribution is 2.46. The molecule has 2 aromatic rings. The lowest BCUT2D eigenvalue weighted by molar-refractivity contribution is -0.136. The summed E-state index contributed by atoms with van der Waals surface area (Å²) in [4.78, 5) is 25.9. The number of carbonyl (C=O) groups is 2. The van der Waals surface area contributed by atoms with E-state index in [1.807, 2.05) is 43.3 Å². The lowest BCUT2D eigenvalue weighted by Crippen LogP contribution is -2.36. The van der Waals surface area contributed by atoms with Crippen molar-refractivity contribution in [2.75, 3.05) is 7.11 Å². The van der Waals surface area contributed by atoms with Gasteiger partial charge in [0.1, 0.15) is 5.75 Å². The third kappa shape index (κ3) is 3.44. The standard InChI is InChI=1S/C24H23NO4/c1-14-21(24(28)29-2)22(16-9-6-10-18(26)11-16)23-19(25-14)12-17(13-20(23)27)15-7-4-3-5-8-15/h3-11,17,22,25-26H,12-13H2,1-2H3/t17-,22-/m1/s1. The van der Waals surface area contributed by atoms with Crippen molar-refractivity contribution in [1.82, 2.24) is 5.32 Å². The van der Waals surface area contributed by atoms with Crippen LogP contribution in [0.3, 0.4) is 0 Å². The molecule has 2 aliphatic rings. The number of phenols is 1. The third-order valence-corrected chi connectivity index (χ3v) is 5.71. The molecule has 0 bridgehead atoms. The highest BCUT2D eigenvalue weighted by Gasteiger charge is 2.41. The Hall–Kier alpha value is -3.34. The Morgan fingerprint density at radius 3 is 2.48 bits per heavy atom. The number of ether oxygens (including phenoxy) is 1. The van der Waals surface area contributed by atoms with E-state index in [2.05, 4.69) is 5.32 Å². The second-order valence-electron chi connectivity index (χ2n) is 7.51. The minimum Gasteiger partial charge on any atom is -0.508 e. The topological polar surface area (TPSA) is 75.6 Å². The predicted octanol–water partition coefficient (Wildman–Crippen LogP) is 3.93. The van der Waals surface area contributed by atoms with Gasteiger partial charge in [0, 0.05) is 29.3 Å². The van der Waals surface area contributed by atoms with E-state index in [1.54, 1.807) is 18.2 Å². The molecule has 1 aliphatic heterocycles. The van der Waals surface area contributed by atoms with Gasteiger partial charge in [-0.15, -0.1) is 0 Å². The second kappa shape index (κ2) is 7.59. The molecular weight excluding hydrogens is 366 g/mol. The van der Waals surface area contributed by atoms with Crippen molar-refractivity contribution in [2.24, 2.45) is 0 Å². The number of Topliss-reactive ketones (excluding diaryl/α,β-unsaturated/α-hetero) is 1. The molecule has 0 spiro atoms. The Bertz CT molecular complexity index is 1040. The zero-order valence-corrected chi connectivity index (χ0v) is 16.4. The zero-order chi connectivity index (χ0) is 20.5. The monoisotopic (exact) mass is 389 g/mol. The predicted molar refractivity (Wildman–Crippen MR) is 109 cm³/mol. The Morgan fingerprint density at radius 2 is 1.79 bits per heavy atom. The van der Waals surface area contributed by atoms with E-state index in [0.717, 1.165) is 11.3 Å². The Morgan fingerprint density at radius 1 is 1.07 bits per heavy atom. The Labute approximate surface area is 169 Å². The molecule has 0 saturated heterocycles. The van der Waals surface area contributed by atoms with Gasteiger partial charge in [-0.3, -0.25) is 4.79 Å². The number of benzene rings is 2. The fourth-order valence-electron chi connectivity index (χ4n) is 4.42. The smallest absolute Gasteiger partial charge is 0.336 e. The number of dihydropyridines is 1. The van der Waals surface area contributed by atoms with Crippen LogP contribution in [-0.4, -0.2) is 24.0 Å². The van der Waals surface area contributed by atoms with Crippen LogP contribution in [0.5, 0.6) is 5.75 Å². The van der Waals surface area contributed by atoms with E-state index >= 15 is 0 Å². The summed E-state index contributed by atoms with van der Waals surface area (Å²) in [6, 6.07) is 16.7. The Balaban J connectivity index is 1.82.